The molecular formula is C15H15NO7. The average molecular weight is 321 g/mol. The van der Waals surface area contributed by atoms with Crippen molar-refractivity contribution in [2.24, 2.45) is 0 Å². The number of amides is 2. The maximum Gasteiger partial charge on any atom is 0.413 e. The van der Waals surface area contributed by atoms with Gasteiger partial charge in [-0.2, -0.15) is 0 Å². The maximum absolute atomic E-state index is 11.7. The minimum Gasteiger partial charge on any atom is -0.508 e. The maximum atomic E-state index is 11.7. The lowest BCUT2D eigenvalue weighted by atomic mass is 10.1. The molecule has 8 heteroatoms. The minimum atomic E-state index is -0.894. The summed E-state index contributed by atoms with van der Waals surface area (Å²) in [6.07, 6.45) is 0.378. The van der Waals surface area contributed by atoms with E-state index in [2.05, 4.69) is 4.74 Å². The first-order valence-corrected chi connectivity index (χ1v) is 6.81. The standard InChI is InChI=1S/C15H15NO7/c1-2-21-15(20)16-13(18)8-23-14(19)5-9-7-22-12-6-10(17)3-4-11(9)12/h3-4,6-7,17H,2,5,8H2,1H3,(H,16,18,20). The van der Waals surface area contributed by atoms with Crippen molar-refractivity contribution in [3.63, 3.8) is 0 Å². The van der Waals surface area contributed by atoms with Crippen LogP contribution in [0.1, 0.15) is 12.5 Å². The highest BCUT2D eigenvalue weighted by Gasteiger charge is 2.14. The van der Waals surface area contributed by atoms with Crippen LogP contribution in [0.15, 0.2) is 28.9 Å². The Balaban J connectivity index is 1.87. The number of phenolic OH excluding ortho intramolecular Hbond substituents is 1. The van der Waals surface area contributed by atoms with Crippen LogP contribution in [-0.2, 0) is 25.5 Å². The van der Waals surface area contributed by atoms with Crippen molar-refractivity contribution in [3.8, 4) is 5.75 Å². The van der Waals surface area contributed by atoms with Gasteiger partial charge in [-0.25, -0.2) is 4.79 Å². The summed E-state index contributed by atoms with van der Waals surface area (Å²) >= 11 is 0. The molecule has 1 heterocycles. The van der Waals surface area contributed by atoms with E-state index in [4.69, 9.17) is 9.15 Å². The van der Waals surface area contributed by atoms with Crippen molar-refractivity contribution in [3.05, 3.63) is 30.0 Å². The Hall–Kier alpha value is -3.03. The predicted molar refractivity (Wildman–Crippen MR) is 77.7 cm³/mol. The van der Waals surface area contributed by atoms with Gasteiger partial charge in [0.1, 0.15) is 11.3 Å². The van der Waals surface area contributed by atoms with Gasteiger partial charge in [-0.05, 0) is 19.1 Å². The van der Waals surface area contributed by atoms with Crippen LogP contribution in [0.2, 0.25) is 0 Å². The number of carbonyl (C=O) groups excluding carboxylic acids is 3. The number of furan rings is 1. The SMILES string of the molecule is CCOC(=O)NC(=O)COC(=O)Cc1coc2cc(O)ccc12. The van der Waals surface area contributed by atoms with Crippen LogP contribution in [0.25, 0.3) is 11.0 Å². The molecule has 0 radical (unpaired) electrons. The molecule has 0 spiro atoms. The molecule has 122 valence electrons. The Morgan fingerprint density at radius 2 is 2.04 bits per heavy atom. The number of imide groups is 1. The fraction of sp³-hybridized carbons (Fsp3) is 0.267. The predicted octanol–water partition coefficient (Wildman–Crippen LogP) is 1.50. The number of nitrogens with one attached hydrogen (secondary N) is 1. The van der Waals surface area contributed by atoms with E-state index in [0.717, 1.165) is 0 Å². The summed E-state index contributed by atoms with van der Waals surface area (Å²) in [4.78, 5) is 34.1. The summed E-state index contributed by atoms with van der Waals surface area (Å²) < 4.78 is 14.5. The van der Waals surface area contributed by atoms with Crippen LogP contribution in [-0.4, -0.2) is 36.3 Å². The van der Waals surface area contributed by atoms with E-state index in [1.54, 1.807) is 13.0 Å². The van der Waals surface area contributed by atoms with Gasteiger partial charge in [0.15, 0.2) is 6.61 Å². The van der Waals surface area contributed by atoms with Gasteiger partial charge in [-0.15, -0.1) is 0 Å². The van der Waals surface area contributed by atoms with Crippen LogP contribution < -0.4 is 5.32 Å². The third-order valence-electron chi connectivity index (χ3n) is 2.86. The molecule has 23 heavy (non-hydrogen) atoms. The third kappa shape index (κ3) is 4.47. The molecule has 0 fully saturated rings. The van der Waals surface area contributed by atoms with Crippen molar-refractivity contribution >= 4 is 28.9 Å². The van der Waals surface area contributed by atoms with Gasteiger partial charge in [0.05, 0.1) is 19.3 Å². The quantitative estimate of drug-likeness (QED) is 0.802. The van der Waals surface area contributed by atoms with Crippen molar-refractivity contribution in [2.45, 2.75) is 13.3 Å². The smallest absolute Gasteiger partial charge is 0.413 e. The van der Waals surface area contributed by atoms with E-state index in [1.807, 2.05) is 5.32 Å². The molecule has 1 aromatic carbocycles. The van der Waals surface area contributed by atoms with Gasteiger partial charge in [0.25, 0.3) is 5.91 Å². The third-order valence-corrected chi connectivity index (χ3v) is 2.86. The monoisotopic (exact) mass is 321 g/mol. The normalized spacial score (nSPS) is 10.3. The Morgan fingerprint density at radius 1 is 1.26 bits per heavy atom. The number of ether oxygens (including phenoxy) is 2. The van der Waals surface area contributed by atoms with Crippen molar-refractivity contribution in [2.75, 3.05) is 13.2 Å². The summed E-state index contributed by atoms with van der Waals surface area (Å²) in [5, 5.41) is 11.9. The highest BCUT2D eigenvalue weighted by atomic mass is 16.6. The number of hydrogen-bond donors (Lipinski definition) is 2. The zero-order valence-electron chi connectivity index (χ0n) is 12.3. The van der Waals surface area contributed by atoms with Gasteiger partial charge in [-0.3, -0.25) is 14.9 Å². The second kappa shape index (κ2) is 7.30. The van der Waals surface area contributed by atoms with Crippen LogP contribution in [0.3, 0.4) is 0 Å². The molecule has 0 unspecified atom stereocenters. The Morgan fingerprint density at radius 3 is 2.78 bits per heavy atom. The molecule has 2 aromatic rings. The van der Waals surface area contributed by atoms with Crippen molar-refractivity contribution in [1.29, 1.82) is 0 Å². The number of fused-ring (bicyclic) bond motifs is 1. The average Bonchev–Trinajstić information content (AvgIpc) is 2.87. The summed E-state index contributed by atoms with van der Waals surface area (Å²) in [6, 6.07) is 4.51. The Labute approximate surface area is 131 Å². The van der Waals surface area contributed by atoms with Gasteiger partial charge < -0.3 is 19.0 Å². The zero-order chi connectivity index (χ0) is 16.8. The highest BCUT2D eigenvalue weighted by molar-refractivity contribution is 5.93. The topological polar surface area (TPSA) is 115 Å². The Kier molecular flexibility index (Phi) is 5.19. The first-order chi connectivity index (χ1) is 11.0. The molecular weight excluding hydrogens is 306 g/mol. The van der Waals surface area contributed by atoms with Crippen LogP contribution in [0, 0.1) is 0 Å². The molecule has 8 nitrogen and oxygen atoms in total. The second-order valence-electron chi connectivity index (χ2n) is 4.55. The van der Waals surface area contributed by atoms with Gasteiger partial charge >= 0.3 is 12.1 Å². The van der Waals surface area contributed by atoms with E-state index >= 15 is 0 Å². The summed E-state index contributed by atoms with van der Waals surface area (Å²) in [6.45, 7) is 1.13. The number of phenols is 1. The molecule has 0 atom stereocenters. The molecule has 2 rings (SSSR count). The van der Waals surface area contributed by atoms with Crippen molar-refractivity contribution < 1.29 is 33.4 Å². The lowest BCUT2D eigenvalue weighted by molar-refractivity contribution is -0.147. The summed E-state index contributed by atoms with van der Waals surface area (Å²) in [5.74, 6) is -1.38. The van der Waals surface area contributed by atoms with Gasteiger partial charge in [-0.1, -0.05) is 0 Å². The van der Waals surface area contributed by atoms with Gasteiger partial charge in [0.2, 0.25) is 0 Å². The fourth-order valence-electron chi connectivity index (χ4n) is 1.88. The second-order valence-corrected chi connectivity index (χ2v) is 4.55. The summed E-state index contributed by atoms with van der Waals surface area (Å²) in [5.41, 5.74) is 1.00. The first kappa shape index (κ1) is 16.3. The molecule has 0 saturated carbocycles. The summed E-state index contributed by atoms with van der Waals surface area (Å²) in [7, 11) is 0. The lowest BCUT2D eigenvalue weighted by Crippen LogP contribution is -2.34. The van der Waals surface area contributed by atoms with E-state index in [0.29, 0.717) is 16.5 Å². The molecule has 2 amide bonds. The number of esters is 1. The number of alkyl carbamates (subject to hydrolysis) is 1. The van der Waals surface area contributed by atoms with E-state index in [-0.39, 0.29) is 18.8 Å². The number of rotatable bonds is 5. The molecule has 2 N–H and O–H groups in total. The van der Waals surface area contributed by atoms with Gasteiger partial charge in [0, 0.05) is 17.0 Å². The molecule has 0 bridgehead atoms. The van der Waals surface area contributed by atoms with Crippen LogP contribution in [0.4, 0.5) is 4.79 Å². The van der Waals surface area contributed by atoms with E-state index < -0.39 is 24.6 Å². The molecule has 0 saturated heterocycles. The number of hydrogen-bond acceptors (Lipinski definition) is 7. The zero-order valence-corrected chi connectivity index (χ0v) is 12.3. The lowest BCUT2D eigenvalue weighted by Gasteiger charge is -2.05. The van der Waals surface area contributed by atoms with Crippen LogP contribution >= 0.6 is 0 Å². The highest BCUT2D eigenvalue weighted by Crippen LogP contribution is 2.25. The first-order valence-electron chi connectivity index (χ1n) is 6.81. The number of aromatic hydroxyl groups is 1. The molecule has 0 aliphatic carbocycles. The van der Waals surface area contributed by atoms with Crippen molar-refractivity contribution in [1.82, 2.24) is 5.32 Å². The molecule has 0 aliphatic rings. The number of benzene rings is 1. The molecule has 0 aliphatic heterocycles. The van der Waals surface area contributed by atoms with E-state index in [1.165, 1.54) is 18.4 Å². The fourth-order valence-corrected chi connectivity index (χ4v) is 1.88. The number of carbonyl (C=O) groups is 3. The largest absolute Gasteiger partial charge is 0.508 e. The Bertz CT molecular complexity index is 735. The van der Waals surface area contributed by atoms with E-state index in [9.17, 15) is 19.5 Å². The molecule has 1 aromatic heterocycles. The van der Waals surface area contributed by atoms with Crippen LogP contribution in [0.5, 0.6) is 5.75 Å². The minimum absolute atomic E-state index is 0.0524.